The molecular formula is C16H18BrF2N3O2. The molecule has 1 atom stereocenters. The highest BCUT2D eigenvalue weighted by Gasteiger charge is 2.21. The van der Waals surface area contributed by atoms with Crippen molar-refractivity contribution in [1.82, 2.24) is 4.98 Å². The van der Waals surface area contributed by atoms with Gasteiger partial charge in [-0.2, -0.15) is 8.78 Å². The van der Waals surface area contributed by atoms with Crippen LogP contribution in [0, 0.1) is 17.7 Å². The van der Waals surface area contributed by atoms with Crippen molar-refractivity contribution in [3.8, 4) is 0 Å². The second-order valence-electron chi connectivity index (χ2n) is 5.72. The van der Waals surface area contributed by atoms with Crippen LogP contribution in [0.15, 0.2) is 39.2 Å². The van der Waals surface area contributed by atoms with E-state index >= 15 is 0 Å². The fourth-order valence-electron chi connectivity index (χ4n) is 2.60. The van der Waals surface area contributed by atoms with Crippen LogP contribution in [0.2, 0.25) is 0 Å². The van der Waals surface area contributed by atoms with Gasteiger partial charge in [-0.1, -0.05) is 18.6 Å². The first kappa shape index (κ1) is 18.5. The average molecular weight is 402 g/mol. The normalized spacial score (nSPS) is 17.4. The molecule has 5 nitrogen and oxygen atoms in total. The average Bonchev–Trinajstić information content (AvgIpc) is 2.51. The van der Waals surface area contributed by atoms with E-state index in [0.29, 0.717) is 40.4 Å². The van der Waals surface area contributed by atoms with Crippen LogP contribution in [-0.2, 0) is 4.74 Å². The zero-order valence-electron chi connectivity index (χ0n) is 13.6. The van der Waals surface area contributed by atoms with E-state index in [2.05, 4.69) is 30.8 Å². The van der Waals surface area contributed by atoms with Crippen molar-refractivity contribution in [2.24, 2.45) is 11.1 Å². The molecule has 0 bridgehead atoms. The monoisotopic (exact) mass is 401 g/mol. The molecule has 0 radical (unpaired) electrons. The van der Waals surface area contributed by atoms with E-state index in [1.165, 1.54) is 0 Å². The summed E-state index contributed by atoms with van der Waals surface area (Å²) in [5.41, 5.74) is 1.92. The highest BCUT2D eigenvalue weighted by atomic mass is 79.9. The number of halogens is 3. The number of nitroso groups, excluding NO2 is 1. The van der Waals surface area contributed by atoms with Crippen LogP contribution in [-0.4, -0.2) is 25.2 Å². The molecule has 0 spiro atoms. The molecule has 0 saturated carbocycles. The van der Waals surface area contributed by atoms with Crippen LogP contribution < -0.4 is 4.90 Å². The molecule has 1 aromatic heterocycles. The SMILES string of the molecule is Cc1nc(N(C)CC2=CC=C(OC(F)F)C(C)C2)c(Br)cc1N=O. The number of aryl methyl sites for hydroxylation is 1. The van der Waals surface area contributed by atoms with Gasteiger partial charge in [0.1, 0.15) is 17.3 Å². The number of nitrogens with zero attached hydrogens (tertiary/aromatic N) is 3. The van der Waals surface area contributed by atoms with Crippen LogP contribution >= 0.6 is 15.9 Å². The molecule has 130 valence electrons. The summed E-state index contributed by atoms with van der Waals surface area (Å²) in [5, 5.41) is 2.93. The van der Waals surface area contributed by atoms with E-state index in [4.69, 9.17) is 0 Å². The minimum Gasteiger partial charge on any atom is -0.439 e. The summed E-state index contributed by atoms with van der Waals surface area (Å²) in [6.07, 6.45) is 4.03. The second-order valence-corrected chi connectivity index (χ2v) is 6.58. The lowest BCUT2D eigenvalue weighted by Crippen LogP contribution is -2.24. The Hall–Kier alpha value is -1.83. The number of pyridine rings is 1. The molecule has 0 N–H and O–H groups in total. The highest BCUT2D eigenvalue weighted by Crippen LogP contribution is 2.32. The summed E-state index contributed by atoms with van der Waals surface area (Å²) in [6.45, 7) is 1.36. The number of likely N-dealkylation sites (N-methyl/N-ethyl adjacent to an activating group) is 1. The predicted molar refractivity (Wildman–Crippen MR) is 92.4 cm³/mol. The number of anilines is 1. The van der Waals surface area contributed by atoms with Crippen molar-refractivity contribution in [3.63, 3.8) is 0 Å². The Morgan fingerprint density at radius 1 is 1.50 bits per heavy atom. The molecule has 0 aliphatic heterocycles. The van der Waals surface area contributed by atoms with Crippen molar-refractivity contribution in [1.29, 1.82) is 0 Å². The molecule has 1 aliphatic carbocycles. The van der Waals surface area contributed by atoms with Crippen molar-refractivity contribution < 1.29 is 13.5 Å². The molecule has 24 heavy (non-hydrogen) atoms. The van der Waals surface area contributed by atoms with Gasteiger partial charge in [-0.3, -0.25) is 0 Å². The highest BCUT2D eigenvalue weighted by molar-refractivity contribution is 9.10. The molecule has 0 saturated heterocycles. The number of hydrogen-bond donors (Lipinski definition) is 0. The van der Waals surface area contributed by atoms with Gasteiger partial charge in [0.15, 0.2) is 0 Å². The molecule has 1 heterocycles. The zero-order chi connectivity index (χ0) is 17.9. The van der Waals surface area contributed by atoms with Crippen molar-refractivity contribution in [2.45, 2.75) is 26.9 Å². The zero-order valence-corrected chi connectivity index (χ0v) is 15.2. The Balaban J connectivity index is 2.14. The summed E-state index contributed by atoms with van der Waals surface area (Å²) in [6, 6.07) is 1.63. The number of alkyl halides is 2. The van der Waals surface area contributed by atoms with Crippen LogP contribution in [0.5, 0.6) is 0 Å². The smallest absolute Gasteiger partial charge is 0.387 e. The van der Waals surface area contributed by atoms with Gasteiger partial charge in [0.05, 0.1) is 10.2 Å². The van der Waals surface area contributed by atoms with Gasteiger partial charge in [-0.15, -0.1) is 4.91 Å². The first-order valence-corrected chi connectivity index (χ1v) is 8.17. The fourth-order valence-corrected chi connectivity index (χ4v) is 3.21. The lowest BCUT2D eigenvalue weighted by Gasteiger charge is -2.26. The van der Waals surface area contributed by atoms with E-state index in [0.717, 1.165) is 5.57 Å². The molecule has 8 heteroatoms. The molecule has 0 aromatic carbocycles. The van der Waals surface area contributed by atoms with E-state index < -0.39 is 6.61 Å². The fraction of sp³-hybridized carbons (Fsp3) is 0.438. The number of hydrogen-bond acceptors (Lipinski definition) is 5. The van der Waals surface area contributed by atoms with Gasteiger partial charge < -0.3 is 9.64 Å². The summed E-state index contributed by atoms with van der Waals surface area (Å²) in [4.78, 5) is 17.0. The molecule has 2 rings (SSSR count). The molecule has 1 aliphatic rings. The predicted octanol–water partition coefficient (Wildman–Crippen LogP) is 5.08. The van der Waals surface area contributed by atoms with E-state index in [1.807, 2.05) is 18.9 Å². The third-order valence-corrected chi connectivity index (χ3v) is 4.37. The largest absolute Gasteiger partial charge is 0.439 e. The van der Waals surface area contributed by atoms with E-state index in [9.17, 15) is 13.7 Å². The lowest BCUT2D eigenvalue weighted by atomic mass is 9.94. The number of allylic oxidation sites excluding steroid dienone is 3. The summed E-state index contributed by atoms with van der Waals surface area (Å²) < 4.78 is 29.8. The second kappa shape index (κ2) is 7.83. The van der Waals surface area contributed by atoms with Gasteiger partial charge in [-0.25, -0.2) is 4.98 Å². The lowest BCUT2D eigenvalue weighted by molar-refractivity contribution is -0.104. The van der Waals surface area contributed by atoms with Crippen molar-refractivity contribution in [3.05, 3.63) is 44.6 Å². The van der Waals surface area contributed by atoms with Gasteiger partial charge in [0, 0.05) is 19.5 Å². The molecule has 1 unspecified atom stereocenters. The molecule has 0 amide bonds. The minimum absolute atomic E-state index is 0.104. The summed E-state index contributed by atoms with van der Waals surface area (Å²) >= 11 is 3.40. The van der Waals surface area contributed by atoms with Crippen molar-refractivity contribution >= 4 is 27.4 Å². The topological polar surface area (TPSA) is 54.8 Å². The Labute approximate surface area is 147 Å². The molecular weight excluding hydrogens is 384 g/mol. The van der Waals surface area contributed by atoms with Gasteiger partial charge in [0.25, 0.3) is 0 Å². The van der Waals surface area contributed by atoms with Gasteiger partial charge in [0.2, 0.25) is 0 Å². The molecule has 0 fully saturated rings. The summed E-state index contributed by atoms with van der Waals surface area (Å²) in [7, 11) is 1.88. The Kier molecular flexibility index (Phi) is 6.04. The standard InChI is InChI=1S/C16H18BrF2N3O2/c1-9-6-11(4-5-14(9)24-16(18)19)8-22(3)15-12(17)7-13(21-23)10(2)20-15/h4-5,7,9,16H,6,8H2,1-3H3. The molecule has 1 aromatic rings. The van der Waals surface area contributed by atoms with Crippen LogP contribution in [0.4, 0.5) is 20.3 Å². The number of aromatic nitrogens is 1. The van der Waals surface area contributed by atoms with Crippen LogP contribution in [0.25, 0.3) is 0 Å². The quantitative estimate of drug-likeness (QED) is 0.623. The Morgan fingerprint density at radius 2 is 2.21 bits per heavy atom. The maximum atomic E-state index is 12.3. The first-order valence-electron chi connectivity index (χ1n) is 7.38. The number of ether oxygens (including phenoxy) is 1. The third-order valence-electron chi connectivity index (χ3n) is 3.78. The number of rotatable bonds is 6. The van der Waals surface area contributed by atoms with Crippen LogP contribution in [0.3, 0.4) is 0 Å². The van der Waals surface area contributed by atoms with E-state index in [1.54, 1.807) is 25.1 Å². The van der Waals surface area contributed by atoms with Crippen LogP contribution in [0.1, 0.15) is 19.0 Å². The van der Waals surface area contributed by atoms with Gasteiger partial charge >= 0.3 is 6.61 Å². The Morgan fingerprint density at radius 3 is 2.79 bits per heavy atom. The van der Waals surface area contributed by atoms with Crippen molar-refractivity contribution in [2.75, 3.05) is 18.5 Å². The van der Waals surface area contributed by atoms with Gasteiger partial charge in [-0.05, 0) is 46.6 Å². The maximum absolute atomic E-state index is 12.3. The third kappa shape index (κ3) is 4.37. The summed E-state index contributed by atoms with van der Waals surface area (Å²) in [5.74, 6) is 0.882. The minimum atomic E-state index is -2.80. The first-order chi connectivity index (χ1) is 11.3. The Bertz CT molecular complexity index is 692. The van der Waals surface area contributed by atoms with E-state index in [-0.39, 0.29) is 5.92 Å². The maximum Gasteiger partial charge on any atom is 0.387 e.